The molecule has 0 spiro atoms. The second-order valence-electron chi connectivity index (χ2n) is 8.05. The van der Waals surface area contributed by atoms with Crippen LogP contribution in [-0.4, -0.2) is 28.5 Å². The molecule has 8 heteroatoms. The Kier molecular flexibility index (Phi) is 4.64. The number of hydrogen-bond acceptors (Lipinski definition) is 4. The average molecular weight is 402 g/mol. The molecule has 5 nitrogen and oxygen atoms in total. The molecule has 1 fully saturated rings. The van der Waals surface area contributed by atoms with Gasteiger partial charge in [-0.2, -0.15) is 5.10 Å². The predicted octanol–water partition coefficient (Wildman–Crippen LogP) is 4.27. The third kappa shape index (κ3) is 3.38. The fourth-order valence-corrected chi connectivity index (χ4v) is 3.30. The highest BCUT2D eigenvalue weighted by molar-refractivity contribution is 6.62. The molecule has 1 aliphatic rings. The molecule has 1 aliphatic heterocycles. The number of rotatable bonds is 4. The number of aromatic amines is 1. The Morgan fingerprint density at radius 2 is 1.82 bits per heavy atom. The minimum Gasteiger partial charge on any atom is -0.399 e. The van der Waals surface area contributed by atoms with Crippen molar-refractivity contribution in [1.82, 2.24) is 10.2 Å². The molecular formula is C20H22BClFN3O2. The van der Waals surface area contributed by atoms with E-state index in [9.17, 15) is 4.39 Å². The van der Waals surface area contributed by atoms with Gasteiger partial charge in [-0.3, -0.25) is 5.10 Å². The minimum atomic E-state index is -0.584. The lowest BCUT2D eigenvalue weighted by Crippen LogP contribution is -2.41. The van der Waals surface area contributed by atoms with Gasteiger partial charge in [0.25, 0.3) is 0 Å². The fourth-order valence-electron chi connectivity index (χ4n) is 3.13. The SMILES string of the molecule is CC1(C)OB(c2ccc(CNc3n[nH]c4ccc(Cl)cc34)c(F)c2)OC1(C)C. The van der Waals surface area contributed by atoms with E-state index in [4.69, 9.17) is 20.9 Å². The van der Waals surface area contributed by atoms with E-state index in [0.29, 0.717) is 28.4 Å². The maximum absolute atomic E-state index is 14.7. The Balaban J connectivity index is 1.50. The number of fused-ring (bicyclic) bond motifs is 1. The molecule has 28 heavy (non-hydrogen) atoms. The Morgan fingerprint density at radius 3 is 2.50 bits per heavy atom. The van der Waals surface area contributed by atoms with E-state index >= 15 is 0 Å². The van der Waals surface area contributed by atoms with Crippen LogP contribution in [0.3, 0.4) is 0 Å². The van der Waals surface area contributed by atoms with Crippen molar-refractivity contribution < 1.29 is 13.7 Å². The van der Waals surface area contributed by atoms with Crippen LogP contribution in [0.25, 0.3) is 10.9 Å². The van der Waals surface area contributed by atoms with Crippen molar-refractivity contribution in [3.8, 4) is 0 Å². The van der Waals surface area contributed by atoms with Gasteiger partial charge in [0.15, 0.2) is 5.82 Å². The van der Waals surface area contributed by atoms with Crippen molar-refractivity contribution >= 4 is 40.9 Å². The van der Waals surface area contributed by atoms with Gasteiger partial charge in [0, 0.05) is 22.5 Å². The summed E-state index contributed by atoms with van der Waals surface area (Å²) in [5, 5.41) is 11.8. The summed E-state index contributed by atoms with van der Waals surface area (Å²) in [6.45, 7) is 8.19. The number of H-pyrrole nitrogens is 1. The highest BCUT2D eigenvalue weighted by atomic mass is 35.5. The van der Waals surface area contributed by atoms with Gasteiger partial charge in [0.2, 0.25) is 0 Å². The van der Waals surface area contributed by atoms with Gasteiger partial charge in [-0.05, 0) is 57.4 Å². The van der Waals surface area contributed by atoms with Crippen molar-refractivity contribution in [3.05, 3.63) is 52.8 Å². The number of nitrogens with zero attached hydrogens (tertiary/aromatic N) is 1. The first kappa shape index (κ1) is 19.2. The topological polar surface area (TPSA) is 59.2 Å². The van der Waals surface area contributed by atoms with E-state index in [2.05, 4.69) is 15.5 Å². The van der Waals surface area contributed by atoms with Gasteiger partial charge < -0.3 is 14.6 Å². The highest BCUT2D eigenvalue weighted by Crippen LogP contribution is 2.36. The second-order valence-corrected chi connectivity index (χ2v) is 8.49. The van der Waals surface area contributed by atoms with Crippen LogP contribution < -0.4 is 10.8 Å². The maximum Gasteiger partial charge on any atom is 0.494 e. The van der Waals surface area contributed by atoms with Crippen molar-refractivity contribution in [2.45, 2.75) is 45.4 Å². The van der Waals surface area contributed by atoms with E-state index in [1.54, 1.807) is 12.1 Å². The molecule has 0 amide bonds. The molecule has 0 radical (unpaired) electrons. The summed E-state index contributed by atoms with van der Waals surface area (Å²) < 4.78 is 26.7. The molecule has 0 unspecified atom stereocenters. The normalized spacial score (nSPS) is 18.0. The monoisotopic (exact) mass is 401 g/mol. The number of benzene rings is 2. The van der Waals surface area contributed by atoms with Gasteiger partial charge in [-0.25, -0.2) is 4.39 Å². The molecule has 146 valence electrons. The van der Waals surface area contributed by atoms with Gasteiger partial charge in [0.1, 0.15) is 5.82 Å². The van der Waals surface area contributed by atoms with Gasteiger partial charge in [0.05, 0.1) is 16.7 Å². The maximum atomic E-state index is 14.7. The second kappa shape index (κ2) is 6.76. The van der Waals surface area contributed by atoms with Crippen molar-refractivity contribution in [1.29, 1.82) is 0 Å². The molecule has 0 saturated carbocycles. The van der Waals surface area contributed by atoms with Gasteiger partial charge in [-0.1, -0.05) is 23.7 Å². The molecule has 0 atom stereocenters. The molecule has 0 aliphatic carbocycles. The molecule has 1 aromatic heterocycles. The van der Waals surface area contributed by atoms with Gasteiger partial charge in [-0.15, -0.1) is 0 Å². The quantitative estimate of drug-likeness (QED) is 0.641. The molecule has 3 aromatic rings. The third-order valence-electron chi connectivity index (χ3n) is 5.57. The number of aromatic nitrogens is 2. The van der Waals surface area contributed by atoms with Crippen molar-refractivity contribution in [2.24, 2.45) is 0 Å². The van der Waals surface area contributed by atoms with E-state index in [-0.39, 0.29) is 5.82 Å². The molecule has 1 saturated heterocycles. The number of hydrogen-bond donors (Lipinski definition) is 2. The minimum absolute atomic E-state index is 0.294. The first-order chi connectivity index (χ1) is 13.2. The highest BCUT2D eigenvalue weighted by Gasteiger charge is 2.51. The molecule has 4 rings (SSSR count). The first-order valence-electron chi connectivity index (χ1n) is 9.18. The van der Waals surface area contributed by atoms with E-state index in [0.717, 1.165) is 10.9 Å². The summed E-state index contributed by atoms with van der Waals surface area (Å²) in [7, 11) is -0.584. The zero-order valence-corrected chi connectivity index (χ0v) is 17.0. The molecule has 2 aromatic carbocycles. The Morgan fingerprint density at radius 1 is 1.11 bits per heavy atom. The summed E-state index contributed by atoms with van der Waals surface area (Å²) in [6, 6.07) is 10.5. The lowest BCUT2D eigenvalue weighted by Gasteiger charge is -2.32. The van der Waals surface area contributed by atoms with Crippen LogP contribution in [0, 0.1) is 5.82 Å². The Hall–Kier alpha value is -2.09. The predicted molar refractivity (Wildman–Crippen MR) is 111 cm³/mol. The zero-order valence-electron chi connectivity index (χ0n) is 16.3. The molecule has 2 N–H and O–H groups in total. The van der Waals surface area contributed by atoms with Crippen LogP contribution >= 0.6 is 11.6 Å². The Bertz CT molecular complexity index is 1020. The van der Waals surface area contributed by atoms with Gasteiger partial charge >= 0.3 is 7.12 Å². The summed E-state index contributed by atoms with van der Waals surface area (Å²) in [5.74, 6) is 0.310. The summed E-state index contributed by atoms with van der Waals surface area (Å²) in [6.07, 6.45) is 0. The van der Waals surface area contributed by atoms with Crippen LogP contribution in [-0.2, 0) is 15.9 Å². The summed E-state index contributed by atoms with van der Waals surface area (Å²) in [5.41, 5.74) is 1.13. The lowest BCUT2D eigenvalue weighted by atomic mass is 9.78. The largest absolute Gasteiger partial charge is 0.494 e. The summed E-state index contributed by atoms with van der Waals surface area (Å²) in [4.78, 5) is 0. The van der Waals surface area contributed by atoms with Crippen LogP contribution in [0.2, 0.25) is 5.02 Å². The third-order valence-corrected chi connectivity index (χ3v) is 5.81. The van der Waals surface area contributed by atoms with Crippen LogP contribution in [0.1, 0.15) is 33.3 Å². The average Bonchev–Trinajstić information content (AvgIpc) is 3.11. The molecule has 2 heterocycles. The van der Waals surface area contributed by atoms with Crippen molar-refractivity contribution in [2.75, 3.05) is 5.32 Å². The zero-order chi connectivity index (χ0) is 20.1. The first-order valence-corrected chi connectivity index (χ1v) is 9.55. The van der Waals surface area contributed by atoms with Crippen LogP contribution in [0.4, 0.5) is 10.2 Å². The number of anilines is 1. The van der Waals surface area contributed by atoms with E-state index in [1.807, 2.05) is 45.9 Å². The number of halogens is 2. The Labute approximate surface area is 168 Å². The van der Waals surface area contributed by atoms with E-state index < -0.39 is 18.3 Å². The van der Waals surface area contributed by atoms with E-state index in [1.165, 1.54) is 6.07 Å². The van der Waals surface area contributed by atoms with Crippen molar-refractivity contribution in [3.63, 3.8) is 0 Å². The standard InChI is InChI=1S/C20H22BClFN3O2/c1-19(2)20(3,4)28-21(27-19)13-6-5-12(16(23)9-13)11-24-18-15-10-14(22)7-8-17(15)25-26-18/h5-10H,11H2,1-4H3,(H2,24,25,26). The van der Waals surface area contributed by atoms with Crippen LogP contribution in [0.5, 0.6) is 0 Å². The lowest BCUT2D eigenvalue weighted by molar-refractivity contribution is 0.00578. The molecular weight excluding hydrogens is 380 g/mol. The fraction of sp³-hybridized carbons (Fsp3) is 0.350. The van der Waals surface area contributed by atoms with Crippen LogP contribution in [0.15, 0.2) is 36.4 Å². The summed E-state index contributed by atoms with van der Waals surface area (Å²) >= 11 is 6.06. The number of nitrogens with one attached hydrogen (secondary N) is 2. The smallest absolute Gasteiger partial charge is 0.399 e. The molecule has 0 bridgehead atoms.